The lowest BCUT2D eigenvalue weighted by Crippen LogP contribution is -2.24. The first-order chi connectivity index (χ1) is 15.4. The molecule has 164 valence electrons. The number of H-pyrrole nitrogens is 1. The normalized spacial score (nSPS) is 16.9. The van der Waals surface area contributed by atoms with E-state index in [0.29, 0.717) is 30.2 Å². The van der Waals surface area contributed by atoms with Gasteiger partial charge in [0.05, 0.1) is 12.0 Å². The minimum atomic E-state index is -4.38. The molecule has 2 aromatic heterocycles. The van der Waals surface area contributed by atoms with Crippen molar-refractivity contribution in [3.05, 3.63) is 83.1 Å². The van der Waals surface area contributed by atoms with Crippen LogP contribution in [0.2, 0.25) is 0 Å². The molecule has 1 amide bonds. The number of fused-ring (bicyclic) bond motifs is 1. The van der Waals surface area contributed by atoms with E-state index in [-0.39, 0.29) is 24.8 Å². The molecule has 1 fully saturated rings. The van der Waals surface area contributed by atoms with Gasteiger partial charge in [0.1, 0.15) is 0 Å². The highest BCUT2D eigenvalue weighted by Gasteiger charge is 2.34. The molecule has 1 unspecified atom stereocenters. The van der Waals surface area contributed by atoms with Crippen molar-refractivity contribution in [2.45, 2.75) is 31.5 Å². The van der Waals surface area contributed by atoms with Gasteiger partial charge in [-0.15, -0.1) is 0 Å². The van der Waals surface area contributed by atoms with Gasteiger partial charge in [-0.25, -0.2) is 0 Å². The molecule has 0 bridgehead atoms. The Morgan fingerprint density at radius 2 is 1.91 bits per heavy atom. The van der Waals surface area contributed by atoms with Crippen molar-refractivity contribution in [2.75, 3.05) is 6.54 Å². The van der Waals surface area contributed by atoms with Gasteiger partial charge in [-0.05, 0) is 29.3 Å². The lowest BCUT2D eigenvalue weighted by molar-refractivity contribution is -0.137. The molecular weight excluding hydrogens is 421 g/mol. The molecule has 1 atom stereocenters. The van der Waals surface area contributed by atoms with E-state index in [1.807, 2.05) is 30.5 Å². The monoisotopic (exact) mass is 440 g/mol. The fraction of sp³-hybridized carbons (Fsp3) is 0.261. The average molecular weight is 440 g/mol. The number of para-hydroxylation sites is 1. The SMILES string of the molecule is O=C1CC(c2noc(Cc3c[nH]c4ccccc34)n2)CN1Cc1ccc(C(F)(F)F)cc1. The van der Waals surface area contributed by atoms with Crippen LogP contribution in [0.1, 0.15) is 40.7 Å². The van der Waals surface area contributed by atoms with E-state index in [9.17, 15) is 18.0 Å². The van der Waals surface area contributed by atoms with Crippen LogP contribution in [0.15, 0.2) is 59.3 Å². The van der Waals surface area contributed by atoms with Gasteiger partial charge in [0.2, 0.25) is 11.8 Å². The Kier molecular flexibility index (Phi) is 4.96. The molecule has 9 heteroatoms. The van der Waals surface area contributed by atoms with Crippen molar-refractivity contribution < 1.29 is 22.5 Å². The second kappa shape index (κ2) is 7.81. The van der Waals surface area contributed by atoms with E-state index < -0.39 is 11.7 Å². The molecular formula is C23H19F3N4O2. The van der Waals surface area contributed by atoms with Crippen molar-refractivity contribution in [1.29, 1.82) is 0 Å². The second-order valence-electron chi connectivity index (χ2n) is 7.95. The van der Waals surface area contributed by atoms with Gasteiger partial charge in [0.25, 0.3) is 0 Å². The predicted octanol–water partition coefficient (Wildman–Crippen LogP) is 4.68. The third-order valence-corrected chi connectivity index (χ3v) is 5.73. The van der Waals surface area contributed by atoms with Crippen molar-refractivity contribution in [2.24, 2.45) is 0 Å². The highest BCUT2D eigenvalue weighted by atomic mass is 19.4. The Morgan fingerprint density at radius 3 is 2.69 bits per heavy atom. The Bertz CT molecular complexity index is 1260. The molecule has 4 aromatic rings. The molecule has 32 heavy (non-hydrogen) atoms. The number of likely N-dealkylation sites (tertiary alicyclic amines) is 1. The zero-order valence-electron chi connectivity index (χ0n) is 16.9. The molecule has 1 aliphatic heterocycles. The van der Waals surface area contributed by atoms with Gasteiger partial charge in [-0.2, -0.15) is 18.2 Å². The molecule has 1 N–H and O–H groups in total. The first kappa shape index (κ1) is 20.3. The Balaban J connectivity index is 1.25. The summed E-state index contributed by atoms with van der Waals surface area (Å²) in [5, 5.41) is 5.16. The number of amides is 1. The first-order valence-corrected chi connectivity index (χ1v) is 10.2. The number of carbonyl (C=O) groups excluding carboxylic acids is 1. The molecule has 2 aromatic carbocycles. The zero-order chi connectivity index (χ0) is 22.3. The van der Waals surface area contributed by atoms with Crippen LogP contribution < -0.4 is 0 Å². The minimum Gasteiger partial charge on any atom is -0.361 e. The predicted molar refractivity (Wildman–Crippen MR) is 110 cm³/mol. The van der Waals surface area contributed by atoms with Crippen LogP contribution in [-0.2, 0) is 23.9 Å². The fourth-order valence-corrected chi connectivity index (χ4v) is 4.06. The number of aromatic nitrogens is 3. The van der Waals surface area contributed by atoms with Crippen LogP contribution in [0.3, 0.4) is 0 Å². The Hall–Kier alpha value is -3.62. The first-order valence-electron chi connectivity index (χ1n) is 10.2. The van der Waals surface area contributed by atoms with Crippen molar-refractivity contribution in [3.8, 4) is 0 Å². The van der Waals surface area contributed by atoms with Crippen LogP contribution in [-0.4, -0.2) is 32.5 Å². The lowest BCUT2D eigenvalue weighted by Gasteiger charge is -2.16. The van der Waals surface area contributed by atoms with Crippen molar-refractivity contribution in [1.82, 2.24) is 20.0 Å². The highest BCUT2D eigenvalue weighted by molar-refractivity contribution is 5.83. The van der Waals surface area contributed by atoms with E-state index in [2.05, 4.69) is 15.1 Å². The Morgan fingerprint density at radius 1 is 1.12 bits per heavy atom. The standard InChI is InChI=1S/C23H19F3N4O2/c24-23(25,26)17-7-5-14(6-8-17)12-30-13-16(10-21(30)31)22-28-20(32-29-22)9-15-11-27-19-4-2-1-3-18(15)19/h1-8,11,16,27H,9-10,12-13H2. The maximum absolute atomic E-state index is 12.7. The summed E-state index contributed by atoms with van der Waals surface area (Å²) in [6, 6.07) is 12.8. The number of halogens is 3. The van der Waals surface area contributed by atoms with Crippen LogP contribution in [0, 0.1) is 0 Å². The lowest BCUT2D eigenvalue weighted by atomic mass is 10.1. The van der Waals surface area contributed by atoms with Gasteiger partial charge in [-0.3, -0.25) is 4.79 Å². The molecule has 0 saturated carbocycles. The maximum Gasteiger partial charge on any atom is 0.416 e. The molecule has 0 spiro atoms. The summed E-state index contributed by atoms with van der Waals surface area (Å²) in [5.41, 5.74) is 2.01. The fourth-order valence-electron chi connectivity index (χ4n) is 4.06. The average Bonchev–Trinajstić information content (AvgIpc) is 3.48. The number of benzene rings is 2. The van der Waals surface area contributed by atoms with Crippen LogP contribution >= 0.6 is 0 Å². The molecule has 6 nitrogen and oxygen atoms in total. The largest absolute Gasteiger partial charge is 0.416 e. The summed E-state index contributed by atoms with van der Waals surface area (Å²) < 4.78 is 43.6. The van der Waals surface area contributed by atoms with Crippen LogP contribution in [0.5, 0.6) is 0 Å². The summed E-state index contributed by atoms with van der Waals surface area (Å²) in [6.45, 7) is 0.638. The maximum atomic E-state index is 12.7. The molecule has 5 rings (SSSR count). The number of nitrogens with zero attached hydrogens (tertiary/aromatic N) is 3. The number of rotatable bonds is 5. The summed E-state index contributed by atoms with van der Waals surface area (Å²) in [7, 11) is 0. The van der Waals surface area contributed by atoms with Crippen molar-refractivity contribution >= 4 is 16.8 Å². The quantitative estimate of drug-likeness (QED) is 0.489. The summed E-state index contributed by atoms with van der Waals surface area (Å²) >= 11 is 0. The Labute approximate surface area is 181 Å². The molecule has 1 saturated heterocycles. The number of hydrogen-bond donors (Lipinski definition) is 1. The number of aromatic amines is 1. The van der Waals surface area contributed by atoms with Crippen molar-refractivity contribution in [3.63, 3.8) is 0 Å². The number of hydrogen-bond acceptors (Lipinski definition) is 4. The van der Waals surface area contributed by atoms with E-state index >= 15 is 0 Å². The van der Waals surface area contributed by atoms with Crippen LogP contribution in [0.4, 0.5) is 13.2 Å². The topological polar surface area (TPSA) is 75.0 Å². The third-order valence-electron chi connectivity index (χ3n) is 5.73. The smallest absolute Gasteiger partial charge is 0.361 e. The molecule has 1 aliphatic rings. The van der Waals surface area contributed by atoms with E-state index in [1.54, 1.807) is 4.90 Å². The van der Waals surface area contributed by atoms with Gasteiger partial charge < -0.3 is 14.4 Å². The van der Waals surface area contributed by atoms with E-state index in [1.165, 1.54) is 12.1 Å². The zero-order valence-corrected chi connectivity index (χ0v) is 16.9. The minimum absolute atomic E-state index is 0.0853. The molecule has 3 heterocycles. The van der Waals surface area contributed by atoms with Gasteiger partial charge in [0.15, 0.2) is 5.82 Å². The van der Waals surface area contributed by atoms with Crippen LogP contribution in [0.25, 0.3) is 10.9 Å². The number of nitrogens with one attached hydrogen (secondary N) is 1. The summed E-state index contributed by atoms with van der Waals surface area (Å²) in [5.74, 6) is 0.650. The van der Waals surface area contributed by atoms with Gasteiger partial charge in [0, 0.05) is 42.5 Å². The van der Waals surface area contributed by atoms with Gasteiger partial charge >= 0.3 is 6.18 Å². The number of carbonyl (C=O) groups is 1. The highest BCUT2D eigenvalue weighted by Crippen LogP contribution is 2.31. The third kappa shape index (κ3) is 3.98. The van der Waals surface area contributed by atoms with Gasteiger partial charge in [-0.1, -0.05) is 35.5 Å². The van der Waals surface area contributed by atoms with E-state index in [4.69, 9.17) is 4.52 Å². The second-order valence-corrected chi connectivity index (χ2v) is 7.95. The summed E-state index contributed by atoms with van der Waals surface area (Å²) in [4.78, 5) is 21.8. The number of alkyl halides is 3. The summed E-state index contributed by atoms with van der Waals surface area (Å²) in [6.07, 6.45) is -1.74. The molecule has 0 aliphatic carbocycles. The van der Waals surface area contributed by atoms with E-state index in [0.717, 1.165) is 28.6 Å². The molecule has 0 radical (unpaired) electrons.